The standard InChI is InChI=1S/C9H21NO2/c1-8(2,12-5)6-9(3,7-11)10-4/h10-11H,6-7H2,1-5H3. The van der Waals surface area contributed by atoms with E-state index in [1.807, 2.05) is 27.8 Å². The van der Waals surface area contributed by atoms with E-state index in [0.717, 1.165) is 6.42 Å². The summed E-state index contributed by atoms with van der Waals surface area (Å²) in [6.45, 7) is 6.13. The van der Waals surface area contributed by atoms with Gasteiger partial charge in [-0.25, -0.2) is 0 Å². The zero-order valence-electron chi connectivity index (χ0n) is 8.77. The lowest BCUT2D eigenvalue weighted by Gasteiger charge is -2.35. The Bertz CT molecular complexity index is 130. The Morgan fingerprint density at radius 1 is 1.33 bits per heavy atom. The van der Waals surface area contributed by atoms with E-state index in [0.29, 0.717) is 0 Å². The van der Waals surface area contributed by atoms with Gasteiger partial charge in [0.05, 0.1) is 12.2 Å². The Labute approximate surface area is 75.1 Å². The minimum atomic E-state index is -0.250. The van der Waals surface area contributed by atoms with Crippen molar-refractivity contribution < 1.29 is 9.84 Å². The SMILES string of the molecule is CNC(C)(CO)CC(C)(C)OC. The molecule has 0 saturated carbocycles. The van der Waals surface area contributed by atoms with Crippen molar-refractivity contribution in [3.63, 3.8) is 0 Å². The van der Waals surface area contributed by atoms with Crippen LogP contribution in [0.15, 0.2) is 0 Å². The van der Waals surface area contributed by atoms with Crippen molar-refractivity contribution >= 4 is 0 Å². The van der Waals surface area contributed by atoms with Gasteiger partial charge in [0.1, 0.15) is 0 Å². The Hall–Kier alpha value is -0.120. The van der Waals surface area contributed by atoms with E-state index < -0.39 is 0 Å². The van der Waals surface area contributed by atoms with Gasteiger partial charge in [-0.1, -0.05) is 0 Å². The lowest BCUT2D eigenvalue weighted by Crippen LogP contribution is -2.49. The number of aliphatic hydroxyl groups excluding tert-OH is 1. The first-order valence-corrected chi connectivity index (χ1v) is 4.24. The zero-order valence-corrected chi connectivity index (χ0v) is 8.77. The molecule has 0 saturated heterocycles. The maximum atomic E-state index is 9.13. The molecule has 3 nitrogen and oxygen atoms in total. The molecule has 0 rings (SSSR count). The molecule has 0 aliphatic carbocycles. The van der Waals surface area contributed by atoms with Crippen LogP contribution >= 0.6 is 0 Å². The third-order valence-corrected chi connectivity index (χ3v) is 2.32. The van der Waals surface area contributed by atoms with Crippen LogP contribution in [0, 0.1) is 0 Å². The number of nitrogens with one attached hydrogen (secondary N) is 1. The summed E-state index contributed by atoms with van der Waals surface area (Å²) in [7, 11) is 3.54. The summed E-state index contributed by atoms with van der Waals surface area (Å²) in [5.74, 6) is 0. The van der Waals surface area contributed by atoms with Gasteiger partial charge in [-0.2, -0.15) is 0 Å². The van der Waals surface area contributed by atoms with Gasteiger partial charge in [-0.15, -0.1) is 0 Å². The minimum absolute atomic E-state index is 0.121. The van der Waals surface area contributed by atoms with Crippen LogP contribution in [0.4, 0.5) is 0 Å². The number of aliphatic hydroxyl groups is 1. The molecule has 0 bridgehead atoms. The first-order chi connectivity index (χ1) is 5.39. The highest BCUT2D eigenvalue weighted by Gasteiger charge is 2.30. The number of hydrogen-bond donors (Lipinski definition) is 2. The Balaban J connectivity index is 4.20. The van der Waals surface area contributed by atoms with Crippen LogP contribution in [0.3, 0.4) is 0 Å². The molecule has 12 heavy (non-hydrogen) atoms. The summed E-state index contributed by atoms with van der Waals surface area (Å²) in [4.78, 5) is 0. The Morgan fingerprint density at radius 2 is 1.83 bits per heavy atom. The number of likely N-dealkylation sites (N-methyl/N-ethyl adjacent to an activating group) is 1. The summed E-state index contributed by atoms with van der Waals surface area (Å²) in [6.07, 6.45) is 0.781. The Morgan fingerprint density at radius 3 is 2.08 bits per heavy atom. The molecule has 0 heterocycles. The number of ether oxygens (including phenoxy) is 1. The van der Waals surface area contributed by atoms with Crippen LogP contribution in [0.1, 0.15) is 27.2 Å². The second-order valence-electron chi connectivity index (χ2n) is 4.11. The highest BCUT2D eigenvalue weighted by Crippen LogP contribution is 2.22. The van der Waals surface area contributed by atoms with Crippen LogP contribution in [-0.2, 0) is 4.74 Å². The first-order valence-electron chi connectivity index (χ1n) is 4.24. The summed E-state index contributed by atoms with van der Waals surface area (Å²) in [5, 5.41) is 12.2. The van der Waals surface area contributed by atoms with Crippen molar-refractivity contribution in [3.05, 3.63) is 0 Å². The van der Waals surface area contributed by atoms with Crippen molar-refractivity contribution in [1.82, 2.24) is 5.32 Å². The fourth-order valence-electron chi connectivity index (χ4n) is 1.24. The third-order valence-electron chi connectivity index (χ3n) is 2.32. The normalized spacial score (nSPS) is 17.5. The number of rotatable bonds is 5. The molecule has 0 aromatic carbocycles. The van der Waals surface area contributed by atoms with Crippen LogP contribution in [0.2, 0.25) is 0 Å². The second-order valence-corrected chi connectivity index (χ2v) is 4.11. The van der Waals surface area contributed by atoms with Gasteiger partial charge in [0.2, 0.25) is 0 Å². The Kier molecular flexibility index (Phi) is 4.17. The predicted octanol–water partition coefficient (Wildman–Crippen LogP) is 0.772. The summed E-state index contributed by atoms with van der Waals surface area (Å²) >= 11 is 0. The van der Waals surface area contributed by atoms with Gasteiger partial charge in [0.25, 0.3) is 0 Å². The van der Waals surface area contributed by atoms with Crippen molar-refractivity contribution in [2.45, 2.75) is 38.3 Å². The molecule has 0 aromatic rings. The highest BCUT2D eigenvalue weighted by molar-refractivity contribution is 4.88. The smallest absolute Gasteiger partial charge is 0.0641 e. The summed E-state index contributed by atoms with van der Waals surface area (Å²) < 4.78 is 5.29. The van der Waals surface area contributed by atoms with E-state index >= 15 is 0 Å². The van der Waals surface area contributed by atoms with E-state index in [1.165, 1.54) is 0 Å². The van der Waals surface area contributed by atoms with E-state index in [2.05, 4.69) is 5.32 Å². The lowest BCUT2D eigenvalue weighted by atomic mass is 9.88. The van der Waals surface area contributed by atoms with Gasteiger partial charge >= 0.3 is 0 Å². The molecule has 74 valence electrons. The maximum absolute atomic E-state index is 9.13. The van der Waals surface area contributed by atoms with E-state index in [-0.39, 0.29) is 17.7 Å². The molecular formula is C9H21NO2. The zero-order chi connectivity index (χ0) is 9.83. The first kappa shape index (κ1) is 11.9. The highest BCUT2D eigenvalue weighted by atomic mass is 16.5. The van der Waals surface area contributed by atoms with Gasteiger partial charge in [0.15, 0.2) is 0 Å². The fraction of sp³-hybridized carbons (Fsp3) is 1.00. The number of methoxy groups -OCH3 is 1. The average molecular weight is 175 g/mol. The van der Waals surface area contributed by atoms with Gasteiger partial charge in [-0.05, 0) is 34.2 Å². The molecule has 2 N–H and O–H groups in total. The molecule has 1 atom stereocenters. The van der Waals surface area contributed by atoms with Crippen LogP contribution in [0.5, 0.6) is 0 Å². The summed E-state index contributed by atoms with van der Waals surface area (Å²) in [6, 6.07) is 0. The van der Waals surface area contributed by atoms with Crippen molar-refractivity contribution in [3.8, 4) is 0 Å². The van der Waals surface area contributed by atoms with Gasteiger partial charge < -0.3 is 15.2 Å². The predicted molar refractivity (Wildman–Crippen MR) is 50.3 cm³/mol. The van der Waals surface area contributed by atoms with Gasteiger partial charge in [-0.3, -0.25) is 0 Å². The van der Waals surface area contributed by atoms with E-state index in [4.69, 9.17) is 9.84 Å². The van der Waals surface area contributed by atoms with Gasteiger partial charge in [0, 0.05) is 12.6 Å². The molecule has 0 fully saturated rings. The van der Waals surface area contributed by atoms with Crippen LogP contribution in [0.25, 0.3) is 0 Å². The fourth-order valence-corrected chi connectivity index (χ4v) is 1.24. The molecule has 0 amide bonds. The van der Waals surface area contributed by atoms with E-state index in [1.54, 1.807) is 7.11 Å². The van der Waals surface area contributed by atoms with Crippen LogP contribution in [-0.4, -0.2) is 37.0 Å². The van der Waals surface area contributed by atoms with Crippen molar-refractivity contribution in [1.29, 1.82) is 0 Å². The molecule has 0 aliphatic heterocycles. The van der Waals surface area contributed by atoms with Crippen molar-refractivity contribution in [2.24, 2.45) is 0 Å². The second kappa shape index (κ2) is 4.21. The largest absolute Gasteiger partial charge is 0.394 e. The molecular weight excluding hydrogens is 154 g/mol. The topological polar surface area (TPSA) is 41.5 Å². The molecule has 0 spiro atoms. The minimum Gasteiger partial charge on any atom is -0.394 e. The van der Waals surface area contributed by atoms with Crippen LogP contribution < -0.4 is 5.32 Å². The summed E-state index contributed by atoms with van der Waals surface area (Å²) in [5.41, 5.74) is -0.444. The quantitative estimate of drug-likeness (QED) is 0.648. The molecule has 3 heteroatoms. The molecule has 0 radical (unpaired) electrons. The average Bonchev–Trinajstić information content (AvgIpc) is 2.04. The lowest BCUT2D eigenvalue weighted by molar-refractivity contribution is -0.0147. The maximum Gasteiger partial charge on any atom is 0.0641 e. The van der Waals surface area contributed by atoms with Crippen molar-refractivity contribution in [2.75, 3.05) is 20.8 Å². The molecule has 0 aromatic heterocycles. The monoisotopic (exact) mass is 175 g/mol. The number of hydrogen-bond acceptors (Lipinski definition) is 3. The third kappa shape index (κ3) is 3.52. The van der Waals surface area contributed by atoms with E-state index in [9.17, 15) is 0 Å². The molecule has 0 aliphatic rings. The molecule has 1 unspecified atom stereocenters.